The highest BCUT2D eigenvalue weighted by molar-refractivity contribution is 14.1. The van der Waals surface area contributed by atoms with E-state index in [0.717, 1.165) is 3.57 Å². The zero-order valence-corrected chi connectivity index (χ0v) is 9.58. The fourth-order valence-corrected chi connectivity index (χ4v) is 1.43. The van der Waals surface area contributed by atoms with E-state index < -0.39 is 5.91 Å². The maximum Gasteiger partial charge on any atom is 0.315 e. The van der Waals surface area contributed by atoms with Crippen molar-refractivity contribution in [3.05, 3.63) is 27.7 Å². The Balaban J connectivity index is 2.14. The van der Waals surface area contributed by atoms with Gasteiger partial charge in [0.2, 0.25) is 0 Å². The van der Waals surface area contributed by atoms with E-state index in [0.29, 0.717) is 12.4 Å². The van der Waals surface area contributed by atoms with Gasteiger partial charge in [-0.2, -0.15) is 10.1 Å². The summed E-state index contributed by atoms with van der Waals surface area (Å²) in [6.07, 6.45) is 3.52. The number of primary amides is 1. The average Bonchev–Trinajstić information content (AvgIpc) is 2.76. The number of hydrogen-bond acceptors (Lipinski definition) is 5. The van der Waals surface area contributed by atoms with Gasteiger partial charge >= 0.3 is 11.8 Å². The maximum atomic E-state index is 10.7. The summed E-state index contributed by atoms with van der Waals surface area (Å²) in [6, 6.07) is 0. The Morgan fingerprint density at radius 1 is 1.67 bits per heavy atom. The summed E-state index contributed by atoms with van der Waals surface area (Å²) in [5, 5.41) is 7.63. The fourth-order valence-electron chi connectivity index (χ4n) is 0.988. The Morgan fingerprint density at radius 3 is 3.00 bits per heavy atom. The largest absolute Gasteiger partial charge is 0.361 e. The van der Waals surface area contributed by atoms with Crippen LogP contribution in [0.4, 0.5) is 0 Å². The van der Waals surface area contributed by atoms with Crippen LogP contribution < -0.4 is 5.73 Å². The molecule has 0 aromatic carbocycles. The summed E-state index contributed by atoms with van der Waals surface area (Å²) in [7, 11) is 0. The molecule has 2 N–H and O–H groups in total. The number of rotatable bonds is 3. The van der Waals surface area contributed by atoms with E-state index in [1.165, 1.54) is 0 Å². The highest BCUT2D eigenvalue weighted by atomic mass is 127. The van der Waals surface area contributed by atoms with Gasteiger partial charge in [0.25, 0.3) is 0 Å². The van der Waals surface area contributed by atoms with Crippen LogP contribution >= 0.6 is 22.6 Å². The first-order chi connectivity index (χ1) is 7.15. The van der Waals surface area contributed by atoms with Crippen molar-refractivity contribution in [1.82, 2.24) is 19.9 Å². The minimum absolute atomic E-state index is 0.188. The van der Waals surface area contributed by atoms with E-state index in [1.807, 2.05) is 6.20 Å². The topological polar surface area (TPSA) is 99.8 Å². The van der Waals surface area contributed by atoms with Crippen LogP contribution in [-0.2, 0) is 6.54 Å². The smallest absolute Gasteiger partial charge is 0.315 e. The van der Waals surface area contributed by atoms with Crippen molar-refractivity contribution < 1.29 is 9.32 Å². The van der Waals surface area contributed by atoms with Gasteiger partial charge in [-0.1, -0.05) is 5.16 Å². The van der Waals surface area contributed by atoms with Crippen LogP contribution in [-0.4, -0.2) is 25.8 Å². The van der Waals surface area contributed by atoms with E-state index >= 15 is 0 Å². The molecule has 1 amide bonds. The van der Waals surface area contributed by atoms with E-state index in [2.05, 4.69) is 42.4 Å². The van der Waals surface area contributed by atoms with Crippen molar-refractivity contribution in [2.45, 2.75) is 6.54 Å². The summed E-state index contributed by atoms with van der Waals surface area (Å²) in [4.78, 5) is 14.5. The number of carbonyl (C=O) groups is 1. The van der Waals surface area contributed by atoms with Gasteiger partial charge in [-0.3, -0.25) is 9.48 Å². The highest BCUT2D eigenvalue weighted by Gasteiger charge is 2.11. The summed E-state index contributed by atoms with van der Waals surface area (Å²) < 4.78 is 7.27. The number of carbonyl (C=O) groups excluding carboxylic acids is 1. The Hall–Kier alpha value is -1.45. The predicted molar refractivity (Wildman–Crippen MR) is 56.9 cm³/mol. The van der Waals surface area contributed by atoms with Crippen molar-refractivity contribution >= 4 is 28.5 Å². The van der Waals surface area contributed by atoms with Crippen LogP contribution in [0.5, 0.6) is 0 Å². The van der Waals surface area contributed by atoms with E-state index in [9.17, 15) is 4.79 Å². The first-order valence-electron chi connectivity index (χ1n) is 3.95. The summed E-state index contributed by atoms with van der Waals surface area (Å²) in [6.45, 7) is 0.347. The van der Waals surface area contributed by atoms with Crippen LogP contribution in [0.1, 0.15) is 16.5 Å². The van der Waals surface area contributed by atoms with Crippen LogP contribution in [0.3, 0.4) is 0 Å². The van der Waals surface area contributed by atoms with Gasteiger partial charge < -0.3 is 10.3 Å². The lowest BCUT2D eigenvalue weighted by Gasteiger charge is -1.92. The molecule has 0 unspecified atom stereocenters. The fraction of sp³-hybridized carbons (Fsp3) is 0.143. The first kappa shape index (κ1) is 10.1. The molecule has 2 aromatic rings. The molecule has 2 heterocycles. The monoisotopic (exact) mass is 319 g/mol. The second-order valence-electron chi connectivity index (χ2n) is 2.74. The second kappa shape index (κ2) is 3.96. The second-order valence-corrected chi connectivity index (χ2v) is 3.98. The quantitative estimate of drug-likeness (QED) is 0.804. The van der Waals surface area contributed by atoms with Crippen LogP contribution in [0.2, 0.25) is 0 Å². The van der Waals surface area contributed by atoms with Gasteiger partial charge in [0, 0.05) is 6.20 Å². The molecule has 0 aliphatic rings. The number of amides is 1. The summed E-state index contributed by atoms with van der Waals surface area (Å²) >= 11 is 2.14. The number of aromatic nitrogens is 4. The van der Waals surface area contributed by atoms with Gasteiger partial charge in [0.05, 0.1) is 9.77 Å². The third-order valence-electron chi connectivity index (χ3n) is 1.58. The van der Waals surface area contributed by atoms with Crippen molar-refractivity contribution in [3.8, 4) is 0 Å². The summed E-state index contributed by atoms with van der Waals surface area (Å²) in [5.41, 5.74) is 4.97. The minimum atomic E-state index is -0.733. The number of nitrogens with two attached hydrogens (primary N) is 1. The number of halogens is 1. The third-order valence-corrected chi connectivity index (χ3v) is 2.14. The number of hydrogen-bond donors (Lipinski definition) is 1. The molecule has 0 atom stereocenters. The van der Waals surface area contributed by atoms with Gasteiger partial charge in [0.1, 0.15) is 6.54 Å². The summed E-state index contributed by atoms with van der Waals surface area (Å²) in [5.74, 6) is -0.557. The molecule has 78 valence electrons. The predicted octanol–water partition coefficient (Wildman–Crippen LogP) is 0.0179. The molecule has 0 bridgehead atoms. The molecule has 8 heteroatoms. The Bertz CT molecular complexity index is 491. The van der Waals surface area contributed by atoms with Gasteiger partial charge in [-0.25, -0.2) is 0 Å². The molecular weight excluding hydrogens is 313 g/mol. The first-order valence-corrected chi connectivity index (χ1v) is 5.03. The van der Waals surface area contributed by atoms with E-state index in [1.54, 1.807) is 10.9 Å². The van der Waals surface area contributed by atoms with Gasteiger partial charge in [-0.05, 0) is 22.6 Å². The standard InChI is InChI=1S/C7H6IN5O2/c8-4-1-10-13(2-4)3-5-11-7(6(9)14)15-12-5/h1-2H,3H2,(H2,9,14). The van der Waals surface area contributed by atoms with Crippen molar-refractivity contribution in [2.24, 2.45) is 5.73 Å². The van der Waals surface area contributed by atoms with E-state index in [4.69, 9.17) is 5.73 Å². The molecule has 2 aromatic heterocycles. The van der Waals surface area contributed by atoms with Crippen molar-refractivity contribution in [2.75, 3.05) is 0 Å². The molecule has 2 rings (SSSR count). The van der Waals surface area contributed by atoms with Crippen molar-refractivity contribution in [3.63, 3.8) is 0 Å². The third kappa shape index (κ3) is 2.32. The molecule has 0 aliphatic carbocycles. The van der Waals surface area contributed by atoms with Gasteiger partial charge in [-0.15, -0.1) is 0 Å². The molecule has 7 nitrogen and oxygen atoms in total. The molecule has 0 saturated heterocycles. The lowest BCUT2D eigenvalue weighted by atomic mass is 10.6. The lowest BCUT2D eigenvalue weighted by Crippen LogP contribution is -2.11. The molecule has 0 radical (unpaired) electrons. The zero-order chi connectivity index (χ0) is 10.8. The maximum absolute atomic E-state index is 10.7. The van der Waals surface area contributed by atoms with E-state index in [-0.39, 0.29) is 5.89 Å². The molecule has 0 spiro atoms. The molecule has 0 aliphatic heterocycles. The SMILES string of the molecule is NC(=O)c1nc(Cn2cc(I)cn2)no1. The Morgan fingerprint density at radius 2 is 2.47 bits per heavy atom. The highest BCUT2D eigenvalue weighted by Crippen LogP contribution is 2.03. The van der Waals surface area contributed by atoms with Gasteiger partial charge in [0.15, 0.2) is 5.82 Å². The molecular formula is C7H6IN5O2. The normalized spacial score (nSPS) is 10.5. The number of nitrogens with zero attached hydrogens (tertiary/aromatic N) is 4. The van der Waals surface area contributed by atoms with Crippen LogP contribution in [0.15, 0.2) is 16.9 Å². The zero-order valence-electron chi connectivity index (χ0n) is 7.42. The van der Waals surface area contributed by atoms with Crippen LogP contribution in [0.25, 0.3) is 0 Å². The molecule has 15 heavy (non-hydrogen) atoms. The molecule has 0 fully saturated rings. The Kier molecular flexibility index (Phi) is 2.66. The molecule has 0 saturated carbocycles. The average molecular weight is 319 g/mol. The minimum Gasteiger partial charge on any atom is -0.361 e. The lowest BCUT2D eigenvalue weighted by molar-refractivity contribution is 0.0958. The van der Waals surface area contributed by atoms with Crippen LogP contribution in [0, 0.1) is 3.57 Å². The van der Waals surface area contributed by atoms with Crippen molar-refractivity contribution in [1.29, 1.82) is 0 Å². The Labute approximate surface area is 97.8 Å².